The summed E-state index contributed by atoms with van der Waals surface area (Å²) in [5, 5.41) is 9.37. The molecule has 1 aromatic rings. The Morgan fingerprint density at radius 2 is 2.12 bits per heavy atom. The van der Waals surface area contributed by atoms with Crippen LogP contribution < -0.4 is 0 Å². The average molecular weight is 214 g/mol. The molecule has 1 aliphatic carbocycles. The molecular formula is C13H14N2O. The molecule has 1 fully saturated rings. The lowest BCUT2D eigenvalue weighted by Gasteiger charge is -2.29. The third-order valence-corrected chi connectivity index (χ3v) is 3.28. The minimum Gasteiger partial charge on any atom is -0.300 e. The number of nitrogens with zero attached hydrogens (tertiary/aromatic N) is 2. The van der Waals surface area contributed by atoms with E-state index in [9.17, 15) is 10.1 Å². The van der Waals surface area contributed by atoms with Crippen molar-refractivity contribution >= 4 is 5.78 Å². The summed E-state index contributed by atoms with van der Waals surface area (Å²) in [6.07, 6.45) is 3.96. The summed E-state index contributed by atoms with van der Waals surface area (Å²) >= 11 is 0. The fraction of sp³-hybridized carbons (Fsp3) is 0.462. The van der Waals surface area contributed by atoms with Crippen LogP contribution in [0, 0.1) is 18.3 Å². The van der Waals surface area contributed by atoms with Gasteiger partial charge in [-0.2, -0.15) is 5.26 Å². The highest BCUT2D eigenvalue weighted by Crippen LogP contribution is 2.36. The number of pyridine rings is 1. The zero-order valence-corrected chi connectivity index (χ0v) is 9.36. The highest BCUT2D eigenvalue weighted by atomic mass is 16.1. The molecule has 0 amide bonds. The molecule has 1 aromatic heterocycles. The molecule has 0 radical (unpaired) electrons. The number of nitriles is 1. The second-order valence-corrected chi connectivity index (χ2v) is 4.45. The fourth-order valence-electron chi connectivity index (χ4n) is 2.18. The minimum absolute atomic E-state index is 0.263. The summed E-state index contributed by atoms with van der Waals surface area (Å²) < 4.78 is 0. The van der Waals surface area contributed by atoms with E-state index in [4.69, 9.17) is 0 Å². The number of aryl methyl sites for hydroxylation is 1. The Balaban J connectivity index is 2.36. The molecule has 0 saturated heterocycles. The second-order valence-electron chi connectivity index (χ2n) is 4.45. The van der Waals surface area contributed by atoms with Gasteiger partial charge in [-0.3, -0.25) is 9.78 Å². The summed E-state index contributed by atoms with van der Waals surface area (Å²) in [4.78, 5) is 15.5. The molecule has 0 aliphatic heterocycles. The van der Waals surface area contributed by atoms with Crippen LogP contribution in [-0.4, -0.2) is 10.8 Å². The maximum absolute atomic E-state index is 11.2. The van der Waals surface area contributed by atoms with E-state index in [0.717, 1.165) is 11.3 Å². The van der Waals surface area contributed by atoms with E-state index >= 15 is 0 Å². The van der Waals surface area contributed by atoms with Gasteiger partial charge in [-0.15, -0.1) is 0 Å². The first-order chi connectivity index (χ1) is 7.66. The van der Waals surface area contributed by atoms with Crippen LogP contribution in [0.1, 0.15) is 36.9 Å². The number of carbonyl (C=O) groups is 1. The first-order valence-corrected chi connectivity index (χ1v) is 5.52. The Kier molecular flexibility index (Phi) is 2.74. The van der Waals surface area contributed by atoms with Crippen molar-refractivity contribution in [2.45, 2.75) is 38.0 Å². The SMILES string of the molecule is Cc1ccnc(C2(C#N)CCC(=O)CC2)c1. The summed E-state index contributed by atoms with van der Waals surface area (Å²) in [6, 6.07) is 6.24. The van der Waals surface area contributed by atoms with Gasteiger partial charge in [-0.05, 0) is 37.5 Å². The van der Waals surface area contributed by atoms with Crippen LogP contribution in [0.25, 0.3) is 0 Å². The van der Waals surface area contributed by atoms with Crippen molar-refractivity contribution in [3.05, 3.63) is 29.6 Å². The van der Waals surface area contributed by atoms with Crippen LogP contribution >= 0.6 is 0 Å². The molecule has 2 rings (SSSR count). The molecule has 0 unspecified atom stereocenters. The maximum atomic E-state index is 11.2. The van der Waals surface area contributed by atoms with Gasteiger partial charge in [0.25, 0.3) is 0 Å². The van der Waals surface area contributed by atoms with Crippen molar-refractivity contribution in [1.29, 1.82) is 5.26 Å². The zero-order chi connectivity index (χ0) is 11.6. The maximum Gasteiger partial charge on any atom is 0.133 e. The van der Waals surface area contributed by atoms with Gasteiger partial charge in [0.15, 0.2) is 0 Å². The number of hydrogen-bond acceptors (Lipinski definition) is 3. The molecule has 1 heterocycles. The van der Waals surface area contributed by atoms with Crippen molar-refractivity contribution in [1.82, 2.24) is 4.98 Å². The smallest absolute Gasteiger partial charge is 0.133 e. The van der Waals surface area contributed by atoms with Gasteiger partial charge < -0.3 is 0 Å². The Morgan fingerprint density at radius 3 is 2.69 bits per heavy atom. The molecule has 16 heavy (non-hydrogen) atoms. The summed E-state index contributed by atoms with van der Waals surface area (Å²) in [7, 11) is 0. The van der Waals surface area contributed by atoms with Crippen LogP contribution in [0.15, 0.2) is 18.3 Å². The molecule has 0 aromatic carbocycles. The molecule has 82 valence electrons. The van der Waals surface area contributed by atoms with Gasteiger partial charge in [0.2, 0.25) is 0 Å². The molecule has 1 aliphatic rings. The lowest BCUT2D eigenvalue weighted by molar-refractivity contribution is -0.121. The van der Waals surface area contributed by atoms with E-state index in [1.165, 1.54) is 0 Å². The first-order valence-electron chi connectivity index (χ1n) is 5.52. The van der Waals surface area contributed by atoms with E-state index in [0.29, 0.717) is 25.7 Å². The predicted octanol–water partition coefficient (Wildman–Crippen LogP) is 2.29. The quantitative estimate of drug-likeness (QED) is 0.720. The van der Waals surface area contributed by atoms with Crippen molar-refractivity contribution in [3.63, 3.8) is 0 Å². The highest BCUT2D eigenvalue weighted by molar-refractivity contribution is 5.79. The fourth-order valence-corrected chi connectivity index (χ4v) is 2.18. The number of hydrogen-bond donors (Lipinski definition) is 0. The predicted molar refractivity (Wildman–Crippen MR) is 59.7 cm³/mol. The van der Waals surface area contributed by atoms with Gasteiger partial charge in [0.05, 0.1) is 11.8 Å². The van der Waals surface area contributed by atoms with Crippen molar-refractivity contribution in [2.24, 2.45) is 0 Å². The molecule has 0 atom stereocenters. The summed E-state index contributed by atoms with van der Waals surface area (Å²) in [5.41, 5.74) is 1.39. The topological polar surface area (TPSA) is 53.8 Å². The van der Waals surface area contributed by atoms with E-state index in [2.05, 4.69) is 11.1 Å². The molecule has 1 saturated carbocycles. The van der Waals surface area contributed by atoms with Gasteiger partial charge in [0, 0.05) is 19.0 Å². The molecule has 0 bridgehead atoms. The highest BCUT2D eigenvalue weighted by Gasteiger charge is 2.37. The van der Waals surface area contributed by atoms with Crippen molar-refractivity contribution < 1.29 is 4.79 Å². The van der Waals surface area contributed by atoms with E-state index in [1.807, 2.05) is 19.1 Å². The van der Waals surface area contributed by atoms with Gasteiger partial charge in [-0.25, -0.2) is 0 Å². The van der Waals surface area contributed by atoms with Crippen LogP contribution in [-0.2, 0) is 10.2 Å². The largest absolute Gasteiger partial charge is 0.300 e. The second kappa shape index (κ2) is 4.05. The average Bonchev–Trinajstić information content (AvgIpc) is 2.31. The van der Waals surface area contributed by atoms with Gasteiger partial charge in [0.1, 0.15) is 11.2 Å². The molecule has 0 spiro atoms. The number of rotatable bonds is 1. The molecular weight excluding hydrogens is 200 g/mol. The Labute approximate surface area is 95.1 Å². The minimum atomic E-state index is -0.542. The number of aromatic nitrogens is 1. The first kappa shape index (κ1) is 10.8. The van der Waals surface area contributed by atoms with Crippen molar-refractivity contribution in [3.8, 4) is 6.07 Å². The van der Waals surface area contributed by atoms with E-state index in [-0.39, 0.29) is 5.78 Å². The van der Waals surface area contributed by atoms with Crippen molar-refractivity contribution in [2.75, 3.05) is 0 Å². The third kappa shape index (κ3) is 1.83. The third-order valence-electron chi connectivity index (χ3n) is 3.28. The number of ketones is 1. The lowest BCUT2D eigenvalue weighted by atomic mass is 9.72. The molecule has 3 heteroatoms. The van der Waals surface area contributed by atoms with Crippen LogP contribution in [0.2, 0.25) is 0 Å². The van der Waals surface area contributed by atoms with E-state index in [1.54, 1.807) is 6.20 Å². The number of carbonyl (C=O) groups excluding carboxylic acids is 1. The van der Waals surface area contributed by atoms with E-state index < -0.39 is 5.41 Å². The Bertz CT molecular complexity index is 449. The summed E-state index contributed by atoms with van der Waals surface area (Å²) in [6.45, 7) is 1.99. The monoisotopic (exact) mass is 214 g/mol. The lowest BCUT2D eigenvalue weighted by Crippen LogP contribution is -2.31. The van der Waals surface area contributed by atoms with Gasteiger partial charge in [-0.1, -0.05) is 0 Å². The van der Waals surface area contributed by atoms with Crippen LogP contribution in [0.4, 0.5) is 0 Å². The number of Topliss-reactive ketones (excluding diaryl/α,β-unsaturated/α-hetero) is 1. The van der Waals surface area contributed by atoms with Crippen LogP contribution in [0.3, 0.4) is 0 Å². The zero-order valence-electron chi connectivity index (χ0n) is 9.36. The molecule has 0 N–H and O–H groups in total. The Morgan fingerprint density at radius 1 is 1.44 bits per heavy atom. The standard InChI is InChI=1S/C13H14N2O/c1-10-4-7-15-12(8-10)13(9-14)5-2-11(16)3-6-13/h4,7-8H,2-3,5-6H2,1H3. The normalized spacial score (nSPS) is 19.1. The van der Waals surface area contributed by atoms with Gasteiger partial charge >= 0.3 is 0 Å². The Hall–Kier alpha value is -1.69. The molecule has 3 nitrogen and oxygen atoms in total. The van der Waals surface area contributed by atoms with Crippen LogP contribution in [0.5, 0.6) is 0 Å². The summed E-state index contributed by atoms with van der Waals surface area (Å²) in [5.74, 6) is 0.263.